The summed E-state index contributed by atoms with van der Waals surface area (Å²) in [6.45, 7) is 1.38. The van der Waals surface area contributed by atoms with Crippen LogP contribution in [0, 0.1) is 0 Å². The lowest BCUT2D eigenvalue weighted by Crippen LogP contribution is -1.80. The topological polar surface area (TPSA) is 37.3 Å². The van der Waals surface area contributed by atoms with E-state index in [1.807, 2.05) is 0 Å². The number of hydrogen-bond donors (Lipinski definition) is 1. The summed E-state index contributed by atoms with van der Waals surface area (Å²) < 4.78 is 0. The standard InChI is InChI=1S/C5H8O2/c1-5(7)3-2-4-6/h2-3,6H,4H2,1H3. The van der Waals surface area contributed by atoms with Gasteiger partial charge in [0.15, 0.2) is 5.78 Å². The molecular formula is C5H8O2. The average Bonchev–Trinajstić information content (AvgIpc) is 1.61. The molecule has 0 aliphatic rings. The van der Waals surface area contributed by atoms with Gasteiger partial charge in [-0.3, -0.25) is 4.79 Å². The highest BCUT2D eigenvalue weighted by atomic mass is 16.2. The molecule has 0 aliphatic carbocycles. The van der Waals surface area contributed by atoms with Crippen molar-refractivity contribution < 1.29 is 9.90 Å². The van der Waals surface area contributed by atoms with Crippen molar-refractivity contribution in [3.63, 3.8) is 0 Å². The van der Waals surface area contributed by atoms with E-state index in [1.165, 1.54) is 19.1 Å². The number of ketones is 1. The van der Waals surface area contributed by atoms with Crippen molar-refractivity contribution in [1.29, 1.82) is 0 Å². The molecule has 0 heterocycles. The van der Waals surface area contributed by atoms with Crippen molar-refractivity contribution in [3.8, 4) is 0 Å². The molecule has 0 saturated heterocycles. The van der Waals surface area contributed by atoms with Gasteiger partial charge in [-0.2, -0.15) is 0 Å². The first-order valence-corrected chi connectivity index (χ1v) is 2.05. The number of carbonyl (C=O) groups is 1. The van der Waals surface area contributed by atoms with Crippen LogP contribution in [0.1, 0.15) is 6.92 Å². The summed E-state index contributed by atoms with van der Waals surface area (Å²) in [6, 6.07) is 0. The summed E-state index contributed by atoms with van der Waals surface area (Å²) in [5.74, 6) is -0.0333. The first-order valence-electron chi connectivity index (χ1n) is 2.05. The van der Waals surface area contributed by atoms with Crippen LogP contribution in [0.2, 0.25) is 0 Å². The van der Waals surface area contributed by atoms with Gasteiger partial charge < -0.3 is 5.11 Å². The smallest absolute Gasteiger partial charge is 0.152 e. The Morgan fingerprint density at radius 3 is 2.57 bits per heavy atom. The van der Waals surface area contributed by atoms with Crippen LogP contribution in [0.15, 0.2) is 12.2 Å². The number of allylic oxidation sites excluding steroid dienone is 1. The molecule has 0 saturated carbocycles. The molecule has 0 spiro atoms. The Labute approximate surface area is 42.5 Å². The van der Waals surface area contributed by atoms with Crippen molar-refractivity contribution in [2.45, 2.75) is 6.92 Å². The summed E-state index contributed by atoms with van der Waals surface area (Å²) >= 11 is 0. The van der Waals surface area contributed by atoms with E-state index >= 15 is 0 Å². The van der Waals surface area contributed by atoms with Crippen LogP contribution in [0.5, 0.6) is 0 Å². The SMILES string of the molecule is CC(=O)C=CCO. The summed E-state index contributed by atoms with van der Waals surface area (Å²) in [6.07, 6.45) is 2.74. The lowest BCUT2D eigenvalue weighted by Gasteiger charge is -1.74. The van der Waals surface area contributed by atoms with Crippen LogP contribution in [0.3, 0.4) is 0 Å². The van der Waals surface area contributed by atoms with Gasteiger partial charge >= 0.3 is 0 Å². The Morgan fingerprint density at radius 2 is 2.43 bits per heavy atom. The van der Waals surface area contributed by atoms with Crippen LogP contribution in [0.4, 0.5) is 0 Å². The van der Waals surface area contributed by atoms with Crippen LogP contribution < -0.4 is 0 Å². The van der Waals surface area contributed by atoms with Gasteiger partial charge in [0.05, 0.1) is 6.61 Å². The molecule has 1 N–H and O–H groups in total. The summed E-state index contributed by atoms with van der Waals surface area (Å²) in [5.41, 5.74) is 0. The first kappa shape index (κ1) is 6.37. The number of aliphatic hydroxyl groups excluding tert-OH is 1. The van der Waals surface area contributed by atoms with Crippen molar-refractivity contribution in [2.24, 2.45) is 0 Å². The fraction of sp³-hybridized carbons (Fsp3) is 0.400. The maximum absolute atomic E-state index is 10.0. The molecule has 0 aromatic heterocycles. The van der Waals surface area contributed by atoms with Crippen LogP contribution in [-0.4, -0.2) is 17.5 Å². The summed E-state index contributed by atoms with van der Waals surface area (Å²) in [5, 5.41) is 8.08. The van der Waals surface area contributed by atoms with Crippen molar-refractivity contribution >= 4 is 5.78 Å². The Hall–Kier alpha value is -0.630. The van der Waals surface area contributed by atoms with E-state index in [9.17, 15) is 4.79 Å². The molecule has 2 heteroatoms. The van der Waals surface area contributed by atoms with Gasteiger partial charge in [0.2, 0.25) is 0 Å². The number of carbonyl (C=O) groups excluding carboxylic acids is 1. The third kappa shape index (κ3) is 5.37. The predicted octanol–water partition coefficient (Wildman–Crippen LogP) is 0.124. The highest BCUT2D eigenvalue weighted by Crippen LogP contribution is 1.70. The predicted molar refractivity (Wildman–Crippen MR) is 26.9 cm³/mol. The van der Waals surface area contributed by atoms with E-state index in [4.69, 9.17) is 5.11 Å². The number of aliphatic hydroxyl groups is 1. The summed E-state index contributed by atoms with van der Waals surface area (Å²) in [4.78, 5) is 10.0. The van der Waals surface area contributed by atoms with E-state index in [0.717, 1.165) is 0 Å². The monoisotopic (exact) mass is 100 g/mol. The summed E-state index contributed by atoms with van der Waals surface area (Å²) in [7, 11) is 0. The van der Waals surface area contributed by atoms with E-state index in [0.29, 0.717) is 0 Å². The first-order chi connectivity index (χ1) is 3.27. The van der Waals surface area contributed by atoms with E-state index in [-0.39, 0.29) is 12.4 Å². The van der Waals surface area contributed by atoms with Gasteiger partial charge in [0, 0.05) is 0 Å². The van der Waals surface area contributed by atoms with Gasteiger partial charge in [-0.15, -0.1) is 0 Å². The largest absolute Gasteiger partial charge is 0.392 e. The Morgan fingerprint density at radius 1 is 1.86 bits per heavy atom. The molecular weight excluding hydrogens is 92.1 g/mol. The second-order valence-corrected chi connectivity index (χ2v) is 1.20. The fourth-order valence-electron chi connectivity index (χ4n) is 0.219. The zero-order valence-corrected chi connectivity index (χ0v) is 4.22. The average molecular weight is 100 g/mol. The van der Waals surface area contributed by atoms with Gasteiger partial charge in [0.25, 0.3) is 0 Å². The Balaban J connectivity index is 3.26. The van der Waals surface area contributed by atoms with E-state index in [1.54, 1.807) is 0 Å². The Bertz CT molecular complexity index is 84.1. The molecule has 7 heavy (non-hydrogen) atoms. The molecule has 0 bridgehead atoms. The fourth-order valence-corrected chi connectivity index (χ4v) is 0.219. The van der Waals surface area contributed by atoms with Crippen molar-refractivity contribution in [1.82, 2.24) is 0 Å². The van der Waals surface area contributed by atoms with Crippen LogP contribution >= 0.6 is 0 Å². The minimum Gasteiger partial charge on any atom is -0.392 e. The lowest BCUT2D eigenvalue weighted by molar-refractivity contribution is -0.112. The van der Waals surface area contributed by atoms with Crippen LogP contribution in [0.25, 0.3) is 0 Å². The number of rotatable bonds is 2. The molecule has 0 aliphatic heterocycles. The second kappa shape index (κ2) is 3.56. The molecule has 0 unspecified atom stereocenters. The molecule has 0 atom stereocenters. The normalized spacial score (nSPS) is 10.0. The molecule has 0 radical (unpaired) electrons. The lowest BCUT2D eigenvalue weighted by atomic mass is 10.4. The highest BCUT2D eigenvalue weighted by molar-refractivity contribution is 5.87. The van der Waals surface area contributed by atoms with E-state index < -0.39 is 0 Å². The molecule has 0 amide bonds. The quantitative estimate of drug-likeness (QED) is 0.500. The molecule has 40 valence electrons. The molecule has 2 nitrogen and oxygen atoms in total. The van der Waals surface area contributed by atoms with Gasteiger partial charge in [-0.1, -0.05) is 6.08 Å². The van der Waals surface area contributed by atoms with Crippen molar-refractivity contribution in [3.05, 3.63) is 12.2 Å². The minimum absolute atomic E-state index is 0.0333. The van der Waals surface area contributed by atoms with Gasteiger partial charge in [-0.05, 0) is 13.0 Å². The maximum Gasteiger partial charge on any atom is 0.152 e. The molecule has 0 fully saturated rings. The third-order valence-electron chi connectivity index (χ3n) is 0.458. The van der Waals surface area contributed by atoms with Gasteiger partial charge in [0.1, 0.15) is 0 Å². The van der Waals surface area contributed by atoms with Gasteiger partial charge in [-0.25, -0.2) is 0 Å². The maximum atomic E-state index is 10.0. The zero-order chi connectivity index (χ0) is 5.70. The molecule has 0 aromatic rings. The Kier molecular flexibility index (Phi) is 3.24. The third-order valence-corrected chi connectivity index (χ3v) is 0.458. The second-order valence-electron chi connectivity index (χ2n) is 1.20. The zero-order valence-electron chi connectivity index (χ0n) is 4.22. The minimum atomic E-state index is -0.0560. The van der Waals surface area contributed by atoms with Crippen LogP contribution in [-0.2, 0) is 4.79 Å². The molecule has 0 rings (SSSR count). The van der Waals surface area contributed by atoms with Crippen molar-refractivity contribution in [2.75, 3.05) is 6.61 Å². The molecule has 0 aromatic carbocycles. The highest BCUT2D eigenvalue weighted by Gasteiger charge is 1.76. The number of hydrogen-bond acceptors (Lipinski definition) is 2. The van der Waals surface area contributed by atoms with E-state index in [2.05, 4.69) is 0 Å².